The third-order valence-corrected chi connectivity index (χ3v) is 5.68. The molecule has 34 heavy (non-hydrogen) atoms. The molecule has 3 aromatic carbocycles. The number of hydrogen-bond donors (Lipinski definition) is 3. The minimum Gasteiger partial charge on any atom is -0.494 e. The largest absolute Gasteiger partial charge is 0.494 e. The maximum absolute atomic E-state index is 13.5. The number of carbonyl (C=O) groups excluding carboxylic acids is 2. The lowest BCUT2D eigenvalue weighted by atomic mass is 9.94. The van der Waals surface area contributed by atoms with Crippen LogP contribution in [0.15, 0.2) is 66.7 Å². The summed E-state index contributed by atoms with van der Waals surface area (Å²) in [5, 5.41) is 17.4. The minimum absolute atomic E-state index is 0.110. The number of para-hydroxylation sites is 1. The van der Waals surface area contributed by atoms with E-state index in [0.717, 1.165) is 10.5 Å². The smallest absolute Gasteiger partial charge is 0.329 e. The van der Waals surface area contributed by atoms with Crippen molar-refractivity contribution in [1.29, 1.82) is 0 Å². The number of urea groups is 1. The Kier molecular flexibility index (Phi) is 5.46. The van der Waals surface area contributed by atoms with E-state index in [-0.39, 0.29) is 18.9 Å². The SMILES string of the molecule is CCOc1ccc(N2C(=O)Nc3ccccc3[C@]2(O)C(=O)NCc2ccc3c(c2)OCO3)cc1. The number of nitrogens with zero attached hydrogens (tertiary/aromatic N) is 1. The molecular weight excluding hydrogens is 438 g/mol. The number of carbonyl (C=O) groups is 2. The van der Waals surface area contributed by atoms with Crippen LogP contribution in [-0.2, 0) is 17.1 Å². The van der Waals surface area contributed by atoms with E-state index in [0.29, 0.717) is 35.2 Å². The van der Waals surface area contributed by atoms with E-state index in [9.17, 15) is 14.7 Å². The lowest BCUT2D eigenvalue weighted by Crippen LogP contribution is -2.62. The Morgan fingerprint density at radius 2 is 1.88 bits per heavy atom. The fourth-order valence-electron chi connectivity index (χ4n) is 4.08. The molecule has 3 N–H and O–H groups in total. The normalized spacial score (nSPS) is 18.2. The molecule has 0 saturated heterocycles. The van der Waals surface area contributed by atoms with E-state index in [1.165, 1.54) is 0 Å². The number of hydrogen-bond acceptors (Lipinski definition) is 6. The molecule has 0 fully saturated rings. The first-order chi connectivity index (χ1) is 16.5. The summed E-state index contributed by atoms with van der Waals surface area (Å²) in [6.07, 6.45) is 0. The molecule has 2 aliphatic rings. The van der Waals surface area contributed by atoms with Crippen LogP contribution in [0.3, 0.4) is 0 Å². The summed E-state index contributed by atoms with van der Waals surface area (Å²) >= 11 is 0. The average molecular weight is 461 g/mol. The van der Waals surface area contributed by atoms with Crippen LogP contribution < -0.4 is 29.7 Å². The second-order valence-electron chi connectivity index (χ2n) is 7.78. The fraction of sp³-hybridized carbons (Fsp3) is 0.200. The number of ether oxygens (including phenoxy) is 3. The molecule has 1 atom stereocenters. The lowest BCUT2D eigenvalue weighted by Gasteiger charge is -2.42. The van der Waals surface area contributed by atoms with Gasteiger partial charge in [-0.05, 0) is 55.0 Å². The summed E-state index contributed by atoms with van der Waals surface area (Å²) in [6.45, 7) is 2.61. The second-order valence-corrected chi connectivity index (χ2v) is 7.78. The first-order valence-corrected chi connectivity index (χ1v) is 10.8. The zero-order chi connectivity index (χ0) is 23.7. The van der Waals surface area contributed by atoms with Gasteiger partial charge in [-0.25, -0.2) is 4.79 Å². The average Bonchev–Trinajstić information content (AvgIpc) is 3.32. The molecule has 3 aromatic rings. The Labute approximate surface area is 195 Å². The predicted molar refractivity (Wildman–Crippen MR) is 124 cm³/mol. The quantitative estimate of drug-likeness (QED) is 0.520. The van der Waals surface area contributed by atoms with Crippen LogP contribution in [0.2, 0.25) is 0 Å². The molecule has 0 spiro atoms. The number of rotatable bonds is 6. The number of nitrogens with one attached hydrogen (secondary N) is 2. The van der Waals surface area contributed by atoms with E-state index < -0.39 is 17.7 Å². The first-order valence-electron chi connectivity index (χ1n) is 10.8. The maximum atomic E-state index is 13.5. The Bertz CT molecular complexity index is 1250. The maximum Gasteiger partial charge on any atom is 0.329 e. The Balaban J connectivity index is 1.48. The summed E-state index contributed by atoms with van der Waals surface area (Å²) < 4.78 is 16.2. The molecule has 0 saturated carbocycles. The van der Waals surface area contributed by atoms with Gasteiger partial charge in [-0.2, -0.15) is 0 Å². The van der Waals surface area contributed by atoms with Crippen molar-refractivity contribution in [3.8, 4) is 17.2 Å². The van der Waals surface area contributed by atoms with Gasteiger partial charge in [-0.15, -0.1) is 0 Å². The van der Waals surface area contributed by atoms with Crippen molar-refractivity contribution in [2.24, 2.45) is 0 Å². The standard InChI is InChI=1S/C25H23N3O6/c1-2-32-18-10-8-17(9-11-18)28-24(30)27-20-6-4-3-5-19(20)25(28,31)23(29)26-14-16-7-12-21-22(13-16)34-15-33-21/h3-13,31H,2,14-15H2,1H3,(H,26,29)(H,27,30)/t25-/m0/s1. The Hall–Kier alpha value is -4.24. The molecule has 5 rings (SSSR count). The molecule has 9 heteroatoms. The van der Waals surface area contributed by atoms with Gasteiger partial charge in [-0.1, -0.05) is 24.3 Å². The number of benzene rings is 3. The van der Waals surface area contributed by atoms with E-state index >= 15 is 0 Å². The summed E-state index contributed by atoms with van der Waals surface area (Å²) in [6, 6.07) is 17.9. The van der Waals surface area contributed by atoms with Gasteiger partial charge in [-0.3, -0.25) is 9.69 Å². The van der Waals surface area contributed by atoms with E-state index in [1.807, 2.05) is 6.92 Å². The molecule has 3 amide bonds. The molecule has 0 bridgehead atoms. The van der Waals surface area contributed by atoms with Gasteiger partial charge in [0.2, 0.25) is 6.79 Å². The van der Waals surface area contributed by atoms with Gasteiger partial charge in [0, 0.05) is 17.8 Å². The van der Waals surface area contributed by atoms with Crippen LogP contribution in [0.1, 0.15) is 18.1 Å². The third kappa shape index (κ3) is 3.65. The lowest BCUT2D eigenvalue weighted by molar-refractivity contribution is -0.140. The van der Waals surface area contributed by atoms with Gasteiger partial charge in [0.25, 0.3) is 11.6 Å². The highest BCUT2D eigenvalue weighted by Gasteiger charge is 2.51. The van der Waals surface area contributed by atoms with Gasteiger partial charge in [0.05, 0.1) is 12.3 Å². The van der Waals surface area contributed by atoms with Crippen molar-refractivity contribution in [2.75, 3.05) is 23.6 Å². The van der Waals surface area contributed by atoms with Crippen LogP contribution in [0.25, 0.3) is 0 Å². The number of anilines is 2. The number of amides is 3. The fourth-order valence-corrected chi connectivity index (χ4v) is 4.08. The van der Waals surface area contributed by atoms with Crippen molar-refractivity contribution >= 4 is 23.3 Å². The van der Waals surface area contributed by atoms with E-state index in [2.05, 4.69) is 10.6 Å². The van der Waals surface area contributed by atoms with Crippen LogP contribution in [0, 0.1) is 0 Å². The molecule has 0 aliphatic carbocycles. The van der Waals surface area contributed by atoms with Crippen LogP contribution in [0.4, 0.5) is 16.2 Å². The summed E-state index contributed by atoms with van der Waals surface area (Å²) in [7, 11) is 0. The first kappa shape index (κ1) is 21.6. The molecule has 0 unspecified atom stereocenters. The van der Waals surface area contributed by atoms with Crippen molar-refractivity contribution in [1.82, 2.24) is 5.32 Å². The molecule has 0 aromatic heterocycles. The highest BCUT2D eigenvalue weighted by molar-refractivity contribution is 6.11. The van der Waals surface area contributed by atoms with Crippen molar-refractivity contribution < 1.29 is 28.9 Å². The van der Waals surface area contributed by atoms with Crippen LogP contribution in [0.5, 0.6) is 17.2 Å². The van der Waals surface area contributed by atoms with Gasteiger partial charge < -0.3 is 30.0 Å². The van der Waals surface area contributed by atoms with E-state index in [4.69, 9.17) is 14.2 Å². The van der Waals surface area contributed by atoms with Crippen molar-refractivity contribution in [3.63, 3.8) is 0 Å². The highest BCUT2D eigenvalue weighted by Crippen LogP contribution is 2.40. The minimum atomic E-state index is -2.29. The van der Waals surface area contributed by atoms with Crippen LogP contribution >= 0.6 is 0 Å². The van der Waals surface area contributed by atoms with Gasteiger partial charge in [0.15, 0.2) is 11.5 Å². The topological polar surface area (TPSA) is 109 Å². The molecule has 2 aliphatic heterocycles. The molecular formula is C25H23N3O6. The summed E-state index contributed by atoms with van der Waals surface area (Å²) in [4.78, 5) is 27.7. The van der Waals surface area contributed by atoms with Gasteiger partial charge in [0.1, 0.15) is 5.75 Å². The zero-order valence-electron chi connectivity index (χ0n) is 18.4. The predicted octanol–water partition coefficient (Wildman–Crippen LogP) is 3.33. The third-order valence-electron chi connectivity index (χ3n) is 5.68. The second kappa shape index (κ2) is 8.60. The number of fused-ring (bicyclic) bond motifs is 2. The summed E-state index contributed by atoms with van der Waals surface area (Å²) in [5.74, 6) is 1.08. The zero-order valence-corrected chi connectivity index (χ0v) is 18.4. The highest BCUT2D eigenvalue weighted by atomic mass is 16.7. The van der Waals surface area contributed by atoms with Crippen molar-refractivity contribution in [3.05, 3.63) is 77.9 Å². The monoisotopic (exact) mass is 461 g/mol. The van der Waals surface area contributed by atoms with Crippen LogP contribution in [-0.4, -0.2) is 30.4 Å². The molecule has 9 nitrogen and oxygen atoms in total. The Morgan fingerprint density at radius 3 is 2.68 bits per heavy atom. The molecule has 0 radical (unpaired) electrons. The molecule has 174 valence electrons. The van der Waals surface area contributed by atoms with E-state index in [1.54, 1.807) is 66.7 Å². The van der Waals surface area contributed by atoms with Gasteiger partial charge >= 0.3 is 6.03 Å². The molecule has 2 heterocycles. The van der Waals surface area contributed by atoms with Crippen molar-refractivity contribution in [2.45, 2.75) is 19.2 Å². The summed E-state index contributed by atoms with van der Waals surface area (Å²) in [5.41, 5.74) is -0.594. The Morgan fingerprint density at radius 1 is 1.12 bits per heavy atom. The number of aliphatic hydroxyl groups is 1.